The fourth-order valence-electron chi connectivity index (χ4n) is 3.35. The zero-order chi connectivity index (χ0) is 18.5. The van der Waals surface area contributed by atoms with Crippen molar-refractivity contribution in [2.24, 2.45) is 7.05 Å². The maximum Gasteiger partial charge on any atom is 0.243 e. The van der Waals surface area contributed by atoms with E-state index >= 15 is 0 Å². The Hall–Kier alpha value is -2.12. The number of rotatable bonds is 6. The van der Waals surface area contributed by atoms with Crippen molar-refractivity contribution in [3.8, 4) is 0 Å². The van der Waals surface area contributed by atoms with Gasteiger partial charge in [-0.25, -0.2) is 0 Å². The molecule has 2 heterocycles. The van der Waals surface area contributed by atoms with Crippen molar-refractivity contribution in [1.29, 1.82) is 0 Å². The van der Waals surface area contributed by atoms with E-state index in [2.05, 4.69) is 42.1 Å². The SMILES string of the molecule is Cn1cccc1[C@@H]1CCCN1CC(=O)NCC(=O)Nc1ccccc1Br. The highest BCUT2D eigenvalue weighted by molar-refractivity contribution is 9.10. The number of benzene rings is 1. The first kappa shape index (κ1) is 18.7. The molecule has 1 aliphatic heterocycles. The standard InChI is InChI=1S/C19H23BrN4O2/c1-23-10-4-8-16(23)17-9-5-11-24(17)13-19(26)21-12-18(25)22-15-7-3-2-6-14(15)20/h2-4,6-8,10,17H,5,9,11-13H2,1H3,(H,21,26)(H,22,25)/t17-/m0/s1. The summed E-state index contributed by atoms with van der Waals surface area (Å²) in [5.74, 6) is -0.376. The molecule has 7 heteroatoms. The van der Waals surface area contributed by atoms with Gasteiger partial charge in [0.05, 0.1) is 24.8 Å². The molecule has 1 atom stereocenters. The van der Waals surface area contributed by atoms with Crippen molar-refractivity contribution in [1.82, 2.24) is 14.8 Å². The molecule has 0 spiro atoms. The lowest BCUT2D eigenvalue weighted by molar-refractivity contribution is -0.125. The van der Waals surface area contributed by atoms with Gasteiger partial charge in [-0.2, -0.15) is 0 Å². The highest BCUT2D eigenvalue weighted by Crippen LogP contribution is 2.31. The van der Waals surface area contributed by atoms with Crippen LogP contribution < -0.4 is 10.6 Å². The zero-order valence-corrected chi connectivity index (χ0v) is 16.3. The molecule has 3 rings (SSSR count). The van der Waals surface area contributed by atoms with Crippen LogP contribution in [0.5, 0.6) is 0 Å². The topological polar surface area (TPSA) is 66.4 Å². The van der Waals surface area contributed by atoms with Gasteiger partial charge in [0.2, 0.25) is 11.8 Å². The first-order valence-corrected chi connectivity index (χ1v) is 9.50. The number of carbonyl (C=O) groups excluding carboxylic acids is 2. The summed E-state index contributed by atoms with van der Waals surface area (Å²) in [6.07, 6.45) is 4.15. The van der Waals surface area contributed by atoms with Crippen LogP contribution in [0.15, 0.2) is 47.1 Å². The maximum absolute atomic E-state index is 12.3. The summed E-state index contributed by atoms with van der Waals surface area (Å²) in [5.41, 5.74) is 1.91. The van der Waals surface area contributed by atoms with Gasteiger partial charge in [0.1, 0.15) is 0 Å². The lowest BCUT2D eigenvalue weighted by atomic mass is 10.1. The van der Waals surface area contributed by atoms with Crippen molar-refractivity contribution >= 4 is 33.4 Å². The first-order valence-electron chi connectivity index (χ1n) is 8.71. The molecule has 0 unspecified atom stereocenters. The van der Waals surface area contributed by atoms with E-state index in [1.165, 1.54) is 5.69 Å². The van der Waals surface area contributed by atoms with Gasteiger partial charge in [-0.1, -0.05) is 12.1 Å². The number of aromatic nitrogens is 1. The third kappa shape index (κ3) is 4.53. The Bertz CT molecular complexity index is 789. The summed E-state index contributed by atoms with van der Waals surface area (Å²) >= 11 is 3.38. The zero-order valence-electron chi connectivity index (χ0n) is 14.7. The van der Waals surface area contributed by atoms with Crippen molar-refractivity contribution in [3.05, 3.63) is 52.8 Å². The van der Waals surface area contributed by atoms with Crippen LogP contribution in [0.25, 0.3) is 0 Å². The summed E-state index contributed by atoms with van der Waals surface area (Å²) < 4.78 is 2.91. The normalized spacial score (nSPS) is 17.2. The highest BCUT2D eigenvalue weighted by atomic mass is 79.9. The molecule has 2 N–H and O–H groups in total. The van der Waals surface area contributed by atoms with Crippen molar-refractivity contribution in [2.75, 3.05) is 25.0 Å². The van der Waals surface area contributed by atoms with Crippen LogP contribution in [0.4, 0.5) is 5.69 Å². The maximum atomic E-state index is 12.3. The van der Waals surface area contributed by atoms with Crippen molar-refractivity contribution in [2.45, 2.75) is 18.9 Å². The van der Waals surface area contributed by atoms with E-state index in [1.807, 2.05) is 37.5 Å². The number of hydrogen-bond acceptors (Lipinski definition) is 3. The number of amides is 2. The minimum atomic E-state index is -0.245. The smallest absolute Gasteiger partial charge is 0.243 e. The molecule has 1 aromatic carbocycles. The van der Waals surface area contributed by atoms with Gasteiger partial charge in [0.25, 0.3) is 0 Å². The van der Waals surface area contributed by atoms with Crippen LogP contribution in [0.2, 0.25) is 0 Å². The number of para-hydroxylation sites is 1. The fourth-order valence-corrected chi connectivity index (χ4v) is 3.73. The van der Waals surface area contributed by atoms with Crippen LogP contribution >= 0.6 is 15.9 Å². The van der Waals surface area contributed by atoms with Crippen LogP contribution in [-0.2, 0) is 16.6 Å². The Morgan fingerprint density at radius 3 is 2.73 bits per heavy atom. The predicted octanol–water partition coefficient (Wildman–Crippen LogP) is 2.68. The number of anilines is 1. The summed E-state index contributed by atoms with van der Waals surface area (Å²) in [6, 6.07) is 11.8. The molecule has 1 aliphatic rings. The Balaban J connectivity index is 1.49. The van der Waals surface area contributed by atoms with Gasteiger partial charge in [0.15, 0.2) is 0 Å². The fraction of sp³-hybridized carbons (Fsp3) is 0.368. The minimum absolute atomic E-state index is 0.0389. The van der Waals surface area contributed by atoms with E-state index in [4.69, 9.17) is 0 Å². The Morgan fingerprint density at radius 2 is 2.00 bits per heavy atom. The average Bonchev–Trinajstić information content (AvgIpc) is 3.23. The minimum Gasteiger partial charge on any atom is -0.353 e. The number of carbonyl (C=O) groups is 2. The molecule has 0 aliphatic carbocycles. The molecular formula is C19H23BrN4O2. The Morgan fingerprint density at radius 1 is 1.19 bits per heavy atom. The average molecular weight is 419 g/mol. The molecule has 0 radical (unpaired) electrons. The van der Waals surface area contributed by atoms with E-state index < -0.39 is 0 Å². The van der Waals surface area contributed by atoms with E-state index in [-0.39, 0.29) is 24.4 Å². The van der Waals surface area contributed by atoms with Crippen LogP contribution in [-0.4, -0.2) is 40.9 Å². The van der Waals surface area contributed by atoms with Gasteiger partial charge < -0.3 is 15.2 Å². The molecule has 1 aromatic heterocycles. The second kappa shape index (κ2) is 8.51. The van der Waals surface area contributed by atoms with Gasteiger partial charge >= 0.3 is 0 Å². The molecule has 2 amide bonds. The Labute approximate surface area is 161 Å². The molecule has 1 fully saturated rings. The Kier molecular flexibility index (Phi) is 6.11. The number of likely N-dealkylation sites (tertiary alicyclic amines) is 1. The monoisotopic (exact) mass is 418 g/mol. The third-order valence-electron chi connectivity index (χ3n) is 4.63. The number of nitrogens with zero attached hydrogens (tertiary/aromatic N) is 2. The number of halogens is 1. The molecule has 138 valence electrons. The summed E-state index contributed by atoms with van der Waals surface area (Å²) in [4.78, 5) is 26.5. The predicted molar refractivity (Wildman–Crippen MR) is 105 cm³/mol. The molecule has 0 saturated carbocycles. The molecular weight excluding hydrogens is 396 g/mol. The molecule has 26 heavy (non-hydrogen) atoms. The van der Waals surface area contributed by atoms with Crippen LogP contribution in [0.3, 0.4) is 0 Å². The van der Waals surface area contributed by atoms with Gasteiger partial charge in [-0.15, -0.1) is 0 Å². The van der Waals surface area contributed by atoms with Crippen molar-refractivity contribution in [3.63, 3.8) is 0 Å². The summed E-state index contributed by atoms with van der Waals surface area (Å²) in [6.45, 7) is 1.16. The number of hydrogen-bond donors (Lipinski definition) is 2. The summed E-state index contributed by atoms with van der Waals surface area (Å²) in [5, 5.41) is 5.50. The molecule has 1 saturated heterocycles. The largest absolute Gasteiger partial charge is 0.353 e. The second-order valence-electron chi connectivity index (χ2n) is 6.48. The van der Waals surface area contributed by atoms with Gasteiger partial charge in [-0.3, -0.25) is 14.5 Å². The van der Waals surface area contributed by atoms with Crippen LogP contribution in [0.1, 0.15) is 24.6 Å². The van der Waals surface area contributed by atoms with Gasteiger partial charge in [0, 0.05) is 23.4 Å². The van der Waals surface area contributed by atoms with Crippen molar-refractivity contribution < 1.29 is 9.59 Å². The van der Waals surface area contributed by atoms with Crippen LogP contribution in [0, 0.1) is 0 Å². The third-order valence-corrected chi connectivity index (χ3v) is 5.32. The van der Waals surface area contributed by atoms with E-state index in [0.29, 0.717) is 12.2 Å². The van der Waals surface area contributed by atoms with E-state index in [0.717, 1.165) is 23.9 Å². The number of nitrogens with one attached hydrogen (secondary N) is 2. The summed E-state index contributed by atoms with van der Waals surface area (Å²) in [7, 11) is 2.03. The molecule has 2 aromatic rings. The second-order valence-corrected chi connectivity index (χ2v) is 7.33. The van der Waals surface area contributed by atoms with E-state index in [9.17, 15) is 9.59 Å². The quantitative estimate of drug-likeness (QED) is 0.757. The highest BCUT2D eigenvalue weighted by Gasteiger charge is 2.28. The molecule has 6 nitrogen and oxygen atoms in total. The first-order chi connectivity index (χ1) is 12.5. The van der Waals surface area contributed by atoms with Gasteiger partial charge in [-0.05, 0) is 59.6 Å². The lowest BCUT2D eigenvalue weighted by Gasteiger charge is -2.24. The number of aryl methyl sites for hydroxylation is 1. The lowest BCUT2D eigenvalue weighted by Crippen LogP contribution is -2.40. The van der Waals surface area contributed by atoms with E-state index in [1.54, 1.807) is 6.07 Å². The molecule has 0 bridgehead atoms.